The Balaban J connectivity index is 1.60. The predicted molar refractivity (Wildman–Crippen MR) is 94.4 cm³/mol. The van der Waals surface area contributed by atoms with Gasteiger partial charge in [0.2, 0.25) is 5.12 Å². The molecule has 2 atom stereocenters. The fraction of sp³-hybridized carbons (Fsp3) is 0.263. The van der Waals surface area contributed by atoms with Crippen molar-refractivity contribution in [3.8, 4) is 0 Å². The van der Waals surface area contributed by atoms with Gasteiger partial charge in [0, 0.05) is 18.8 Å². The zero-order chi connectivity index (χ0) is 16.5. The molecule has 0 aliphatic carbocycles. The highest BCUT2D eigenvalue weighted by molar-refractivity contribution is 8.14. The number of nitrogens with zero attached hydrogens (tertiary/aromatic N) is 2. The van der Waals surface area contributed by atoms with Gasteiger partial charge in [-0.15, -0.1) is 0 Å². The van der Waals surface area contributed by atoms with Gasteiger partial charge >= 0.3 is 6.03 Å². The third kappa shape index (κ3) is 2.69. The fourth-order valence-corrected chi connectivity index (χ4v) is 4.59. The first kappa shape index (κ1) is 15.3. The number of carbonyl (C=O) groups excluding carboxylic acids is 2. The lowest BCUT2D eigenvalue weighted by Crippen LogP contribution is -2.38. The van der Waals surface area contributed by atoms with Gasteiger partial charge in [0.25, 0.3) is 0 Å². The molecule has 122 valence electrons. The number of benzene rings is 2. The van der Waals surface area contributed by atoms with E-state index in [9.17, 15) is 9.59 Å². The number of hydrogen-bond acceptors (Lipinski definition) is 3. The van der Waals surface area contributed by atoms with E-state index in [2.05, 4.69) is 0 Å². The number of thioether (sulfide) groups is 1. The number of carbonyl (C=O) groups is 2. The number of amides is 2. The van der Waals surface area contributed by atoms with E-state index in [4.69, 9.17) is 0 Å². The maximum absolute atomic E-state index is 13.0. The molecule has 0 unspecified atom stereocenters. The minimum atomic E-state index is -0.327. The highest BCUT2D eigenvalue weighted by Gasteiger charge is 2.52. The van der Waals surface area contributed by atoms with Crippen molar-refractivity contribution >= 4 is 22.9 Å². The van der Waals surface area contributed by atoms with Crippen molar-refractivity contribution in [2.24, 2.45) is 0 Å². The maximum Gasteiger partial charge on any atom is 0.321 e. The Morgan fingerprint density at radius 3 is 1.96 bits per heavy atom. The molecule has 2 aliphatic heterocycles. The van der Waals surface area contributed by atoms with E-state index in [1.54, 1.807) is 4.90 Å². The summed E-state index contributed by atoms with van der Waals surface area (Å²) in [6.07, 6.45) is 0. The maximum atomic E-state index is 13.0. The average molecular weight is 338 g/mol. The highest BCUT2D eigenvalue weighted by atomic mass is 32.2. The van der Waals surface area contributed by atoms with E-state index in [-0.39, 0.29) is 23.2 Å². The van der Waals surface area contributed by atoms with Crippen LogP contribution in [0.4, 0.5) is 4.79 Å². The lowest BCUT2D eigenvalue weighted by molar-refractivity contribution is -0.114. The molecule has 0 radical (unpaired) electrons. The van der Waals surface area contributed by atoms with Crippen molar-refractivity contribution in [3.63, 3.8) is 0 Å². The van der Waals surface area contributed by atoms with Crippen molar-refractivity contribution in [3.05, 3.63) is 71.8 Å². The van der Waals surface area contributed by atoms with Crippen LogP contribution in [0, 0.1) is 0 Å². The van der Waals surface area contributed by atoms with Gasteiger partial charge in [-0.05, 0) is 11.1 Å². The Morgan fingerprint density at radius 2 is 1.38 bits per heavy atom. The summed E-state index contributed by atoms with van der Waals surface area (Å²) in [5.41, 5.74) is 2.14. The van der Waals surface area contributed by atoms with Crippen LogP contribution < -0.4 is 0 Å². The molecular weight excluding hydrogens is 320 g/mol. The second-order valence-corrected chi connectivity index (χ2v) is 7.18. The molecule has 0 saturated carbocycles. The molecule has 2 saturated heterocycles. The summed E-state index contributed by atoms with van der Waals surface area (Å²) in [5.74, 6) is 0.688. The van der Waals surface area contributed by atoms with E-state index in [1.807, 2.05) is 65.6 Å². The Kier molecular flexibility index (Phi) is 4.02. The van der Waals surface area contributed by atoms with Crippen LogP contribution >= 0.6 is 11.8 Å². The monoisotopic (exact) mass is 338 g/mol. The molecule has 4 nitrogen and oxygen atoms in total. The first-order valence-corrected chi connectivity index (χ1v) is 9.04. The predicted octanol–water partition coefficient (Wildman–Crippen LogP) is 3.14. The van der Waals surface area contributed by atoms with Gasteiger partial charge in [-0.1, -0.05) is 72.4 Å². The molecule has 0 bridgehead atoms. The van der Waals surface area contributed by atoms with Crippen LogP contribution in [0.5, 0.6) is 0 Å². The summed E-state index contributed by atoms with van der Waals surface area (Å²) in [4.78, 5) is 28.9. The molecule has 2 aromatic rings. The largest absolute Gasteiger partial charge is 0.321 e. The van der Waals surface area contributed by atoms with Crippen LogP contribution in [0.1, 0.15) is 11.1 Å². The molecule has 0 spiro atoms. The van der Waals surface area contributed by atoms with Gasteiger partial charge in [-0.25, -0.2) is 4.79 Å². The molecule has 2 amide bonds. The summed E-state index contributed by atoms with van der Waals surface area (Å²) in [6, 6.07) is 19.4. The van der Waals surface area contributed by atoms with Crippen LogP contribution in [0.2, 0.25) is 0 Å². The van der Waals surface area contributed by atoms with Crippen molar-refractivity contribution in [2.45, 2.75) is 25.2 Å². The fourth-order valence-electron chi connectivity index (χ4n) is 3.43. The molecule has 0 N–H and O–H groups in total. The van der Waals surface area contributed by atoms with Crippen LogP contribution in [0.25, 0.3) is 0 Å². The van der Waals surface area contributed by atoms with E-state index < -0.39 is 0 Å². The first-order chi connectivity index (χ1) is 11.7. The van der Waals surface area contributed by atoms with Crippen molar-refractivity contribution in [2.75, 3.05) is 5.75 Å². The van der Waals surface area contributed by atoms with E-state index in [0.29, 0.717) is 18.8 Å². The SMILES string of the molecule is O=C1SC[C@H]2[C@@H]1N(Cc1ccccc1)C(=O)N2Cc1ccccc1. The second-order valence-electron chi connectivity index (χ2n) is 6.15. The minimum absolute atomic E-state index is 0.0288. The van der Waals surface area contributed by atoms with Gasteiger partial charge in [0.1, 0.15) is 6.04 Å². The summed E-state index contributed by atoms with van der Waals surface area (Å²) in [6.45, 7) is 1.04. The lowest BCUT2D eigenvalue weighted by Gasteiger charge is -2.22. The van der Waals surface area contributed by atoms with Crippen molar-refractivity contribution in [1.82, 2.24) is 9.80 Å². The number of hydrogen-bond donors (Lipinski definition) is 0. The molecule has 2 fully saturated rings. The Hall–Kier alpha value is -2.27. The molecule has 24 heavy (non-hydrogen) atoms. The molecule has 0 aromatic heterocycles. The van der Waals surface area contributed by atoms with E-state index >= 15 is 0 Å². The molecular formula is C19H18N2O2S. The average Bonchev–Trinajstić information content (AvgIpc) is 3.11. The topological polar surface area (TPSA) is 40.6 Å². The second kappa shape index (κ2) is 6.32. The molecule has 2 heterocycles. The number of rotatable bonds is 4. The Labute approximate surface area is 145 Å². The smallest absolute Gasteiger partial charge is 0.314 e. The van der Waals surface area contributed by atoms with Gasteiger partial charge < -0.3 is 9.80 Å². The van der Waals surface area contributed by atoms with Gasteiger partial charge in [-0.2, -0.15) is 0 Å². The van der Waals surface area contributed by atoms with Gasteiger partial charge in [-0.3, -0.25) is 4.79 Å². The number of fused-ring (bicyclic) bond motifs is 1. The lowest BCUT2D eigenvalue weighted by atomic mass is 10.1. The van der Waals surface area contributed by atoms with E-state index in [0.717, 1.165) is 11.1 Å². The summed E-state index contributed by atoms with van der Waals surface area (Å²) >= 11 is 1.35. The highest BCUT2D eigenvalue weighted by Crippen LogP contribution is 2.37. The van der Waals surface area contributed by atoms with Crippen LogP contribution in [-0.4, -0.2) is 38.8 Å². The molecule has 4 rings (SSSR count). The Morgan fingerprint density at radius 1 is 0.833 bits per heavy atom. The minimum Gasteiger partial charge on any atom is -0.314 e. The van der Waals surface area contributed by atoms with Crippen LogP contribution in [0.15, 0.2) is 60.7 Å². The zero-order valence-corrected chi connectivity index (χ0v) is 14.0. The first-order valence-electron chi connectivity index (χ1n) is 8.06. The van der Waals surface area contributed by atoms with Crippen molar-refractivity contribution in [1.29, 1.82) is 0 Å². The van der Waals surface area contributed by atoms with Gasteiger partial charge in [0.15, 0.2) is 0 Å². The Bertz CT molecular complexity index is 750. The molecule has 2 aliphatic rings. The third-order valence-corrected chi connectivity index (χ3v) is 5.66. The zero-order valence-electron chi connectivity index (χ0n) is 13.2. The summed E-state index contributed by atoms with van der Waals surface area (Å²) in [5, 5.41) is 0.111. The summed E-state index contributed by atoms with van der Waals surface area (Å²) < 4.78 is 0. The quantitative estimate of drug-likeness (QED) is 0.804. The third-order valence-electron chi connectivity index (χ3n) is 4.62. The van der Waals surface area contributed by atoms with E-state index in [1.165, 1.54) is 11.8 Å². The van der Waals surface area contributed by atoms with Crippen LogP contribution in [-0.2, 0) is 17.9 Å². The van der Waals surface area contributed by atoms with Crippen molar-refractivity contribution < 1.29 is 9.59 Å². The van der Waals surface area contributed by atoms with Gasteiger partial charge in [0.05, 0.1) is 6.04 Å². The van der Waals surface area contributed by atoms with Crippen LogP contribution in [0.3, 0.4) is 0 Å². The standard InChI is InChI=1S/C19H18N2O2S/c22-18-17-16(13-24-18)20(11-14-7-3-1-4-8-14)19(23)21(17)12-15-9-5-2-6-10-15/h1-10,16-17H,11-13H2/t16-,17-/m0/s1. The normalized spacial score (nSPS) is 23.0. The molecule has 2 aromatic carbocycles. The molecule has 5 heteroatoms. The number of urea groups is 1. The summed E-state index contributed by atoms with van der Waals surface area (Å²) in [7, 11) is 0.